The molecule has 4 aromatic rings. The van der Waals surface area contributed by atoms with Gasteiger partial charge < -0.3 is 14.2 Å². The molecule has 3 heterocycles. The molecular weight excluding hydrogens is 472 g/mol. The maximum absolute atomic E-state index is 13.3. The third-order valence-electron chi connectivity index (χ3n) is 5.89. The minimum Gasteiger partial charge on any atom is -0.496 e. The summed E-state index contributed by atoms with van der Waals surface area (Å²) in [5, 5.41) is 15.5. The van der Waals surface area contributed by atoms with E-state index in [1.165, 1.54) is 23.7 Å². The predicted octanol–water partition coefficient (Wildman–Crippen LogP) is 2.64. The summed E-state index contributed by atoms with van der Waals surface area (Å²) in [4.78, 5) is 21.7. The van der Waals surface area contributed by atoms with Gasteiger partial charge in [0.15, 0.2) is 0 Å². The van der Waals surface area contributed by atoms with E-state index in [4.69, 9.17) is 20.9 Å². The smallest absolute Gasteiger partial charge is 0.257 e. The van der Waals surface area contributed by atoms with Gasteiger partial charge in [-0.1, -0.05) is 46.6 Å². The summed E-state index contributed by atoms with van der Waals surface area (Å²) < 4.78 is 12.3. The first kappa shape index (κ1) is 22.9. The Hall–Kier alpha value is -3.83. The molecule has 0 unspecified atom stereocenters. The van der Waals surface area contributed by atoms with Crippen molar-refractivity contribution in [3.8, 4) is 22.8 Å². The number of piperazine rings is 1. The fraction of sp³-hybridized carbons (Fsp3) is 0.304. The number of rotatable bonds is 6. The maximum Gasteiger partial charge on any atom is 0.257 e. The van der Waals surface area contributed by atoms with Gasteiger partial charge >= 0.3 is 0 Å². The van der Waals surface area contributed by atoms with Crippen LogP contribution < -0.4 is 4.74 Å². The topological polar surface area (TPSA) is 115 Å². The second kappa shape index (κ2) is 9.80. The number of nitrogens with zero attached hydrogens (tertiary/aromatic N) is 8. The molecule has 1 aliphatic heterocycles. The van der Waals surface area contributed by atoms with Crippen molar-refractivity contribution < 1.29 is 14.1 Å². The largest absolute Gasteiger partial charge is 0.496 e. The Morgan fingerprint density at radius 1 is 1.14 bits per heavy atom. The van der Waals surface area contributed by atoms with Crippen LogP contribution in [0.4, 0.5) is 0 Å². The summed E-state index contributed by atoms with van der Waals surface area (Å²) >= 11 is 6.43. The number of tetrazole rings is 1. The summed E-state index contributed by atoms with van der Waals surface area (Å²) in [5.74, 6) is 1.38. The van der Waals surface area contributed by atoms with Crippen LogP contribution in [0.3, 0.4) is 0 Å². The van der Waals surface area contributed by atoms with Crippen LogP contribution >= 0.6 is 11.6 Å². The predicted molar refractivity (Wildman–Crippen MR) is 126 cm³/mol. The molecule has 1 amide bonds. The molecule has 12 heteroatoms. The molecule has 0 saturated carbocycles. The number of carbonyl (C=O) groups excluding carboxylic acids is 1. The molecule has 5 rings (SSSR count). The number of carbonyl (C=O) groups is 1. The van der Waals surface area contributed by atoms with Gasteiger partial charge in [0.25, 0.3) is 5.91 Å². The van der Waals surface area contributed by atoms with Gasteiger partial charge in [-0.3, -0.25) is 9.69 Å². The van der Waals surface area contributed by atoms with E-state index in [0.717, 1.165) is 5.56 Å². The van der Waals surface area contributed by atoms with E-state index in [1.807, 2.05) is 31.2 Å². The maximum atomic E-state index is 13.3. The Morgan fingerprint density at radius 3 is 2.60 bits per heavy atom. The summed E-state index contributed by atoms with van der Waals surface area (Å²) in [6.45, 7) is 5.00. The molecule has 0 N–H and O–H groups in total. The van der Waals surface area contributed by atoms with Crippen LogP contribution in [0.15, 0.2) is 47.2 Å². The van der Waals surface area contributed by atoms with E-state index < -0.39 is 0 Å². The second-order valence-corrected chi connectivity index (χ2v) is 8.61. The monoisotopic (exact) mass is 494 g/mol. The average Bonchev–Trinajstić information content (AvgIpc) is 3.57. The summed E-state index contributed by atoms with van der Waals surface area (Å²) in [7, 11) is 1.51. The van der Waals surface area contributed by atoms with Crippen LogP contribution in [-0.4, -0.2) is 79.3 Å². The number of aromatic nitrogens is 6. The molecule has 2 aromatic heterocycles. The van der Waals surface area contributed by atoms with Gasteiger partial charge in [-0.2, -0.15) is 9.67 Å². The standard InChI is InChI=1S/C23H23ClN8O3/c1-15-3-5-16(6-4-15)22-26-21(35-27-22)13-30-7-9-31(10-8-30)23(33)17-11-18(24)19(12-20(17)34-2)32-14-25-28-29-32/h3-6,11-12,14H,7-10,13H2,1-2H3. The summed E-state index contributed by atoms with van der Waals surface area (Å²) in [6.07, 6.45) is 1.43. The van der Waals surface area contributed by atoms with E-state index in [2.05, 4.69) is 30.6 Å². The van der Waals surface area contributed by atoms with Crippen molar-refractivity contribution in [2.45, 2.75) is 13.5 Å². The third-order valence-corrected chi connectivity index (χ3v) is 6.19. The fourth-order valence-electron chi connectivity index (χ4n) is 3.94. The van der Waals surface area contributed by atoms with Gasteiger partial charge in [-0.15, -0.1) is 5.10 Å². The first-order valence-corrected chi connectivity index (χ1v) is 11.4. The first-order valence-electron chi connectivity index (χ1n) is 11.0. The van der Waals surface area contributed by atoms with E-state index in [0.29, 0.717) is 66.5 Å². The van der Waals surface area contributed by atoms with Crippen LogP contribution in [0.25, 0.3) is 17.1 Å². The molecule has 180 valence electrons. The highest BCUT2D eigenvalue weighted by Gasteiger charge is 2.26. The van der Waals surface area contributed by atoms with Crippen LogP contribution in [-0.2, 0) is 6.54 Å². The van der Waals surface area contributed by atoms with E-state index in [9.17, 15) is 4.79 Å². The molecule has 35 heavy (non-hydrogen) atoms. The van der Waals surface area contributed by atoms with Crippen molar-refractivity contribution in [2.75, 3.05) is 33.3 Å². The number of methoxy groups -OCH3 is 1. The zero-order chi connectivity index (χ0) is 24.4. The Labute approximate surface area is 206 Å². The minimum absolute atomic E-state index is 0.147. The normalized spacial score (nSPS) is 14.3. The lowest BCUT2D eigenvalue weighted by Crippen LogP contribution is -2.48. The van der Waals surface area contributed by atoms with Crippen LogP contribution in [0.1, 0.15) is 21.8 Å². The van der Waals surface area contributed by atoms with Gasteiger partial charge in [0.1, 0.15) is 12.1 Å². The Kier molecular flexibility index (Phi) is 6.43. The zero-order valence-electron chi connectivity index (χ0n) is 19.3. The van der Waals surface area contributed by atoms with Crippen molar-refractivity contribution >= 4 is 17.5 Å². The Bertz CT molecular complexity index is 1320. The molecule has 0 aliphatic carbocycles. The van der Waals surface area contributed by atoms with Crippen molar-refractivity contribution in [3.05, 3.63) is 64.8 Å². The molecular formula is C23H23ClN8O3. The zero-order valence-corrected chi connectivity index (χ0v) is 20.0. The number of hydrogen-bond donors (Lipinski definition) is 0. The van der Waals surface area contributed by atoms with E-state index in [-0.39, 0.29) is 5.91 Å². The first-order chi connectivity index (χ1) is 17.0. The van der Waals surface area contributed by atoms with Gasteiger partial charge in [0.05, 0.1) is 29.9 Å². The third kappa shape index (κ3) is 4.86. The van der Waals surface area contributed by atoms with Crippen molar-refractivity contribution in [3.63, 3.8) is 0 Å². The summed E-state index contributed by atoms with van der Waals surface area (Å²) in [5.41, 5.74) is 3.01. The number of halogens is 1. The quantitative estimate of drug-likeness (QED) is 0.398. The lowest BCUT2D eigenvalue weighted by Gasteiger charge is -2.34. The van der Waals surface area contributed by atoms with E-state index >= 15 is 0 Å². The molecule has 0 radical (unpaired) electrons. The number of ether oxygens (including phenoxy) is 1. The van der Waals surface area contributed by atoms with Gasteiger partial charge in [-0.25, -0.2) is 0 Å². The molecule has 11 nitrogen and oxygen atoms in total. The van der Waals surface area contributed by atoms with Gasteiger partial charge in [0, 0.05) is 37.8 Å². The van der Waals surface area contributed by atoms with Crippen molar-refractivity contribution in [1.29, 1.82) is 0 Å². The Morgan fingerprint density at radius 2 is 1.91 bits per heavy atom. The molecule has 0 spiro atoms. The van der Waals surface area contributed by atoms with E-state index in [1.54, 1.807) is 17.0 Å². The van der Waals surface area contributed by atoms with Crippen LogP contribution in [0, 0.1) is 6.92 Å². The number of benzene rings is 2. The molecule has 0 bridgehead atoms. The summed E-state index contributed by atoms with van der Waals surface area (Å²) in [6, 6.07) is 11.2. The highest BCUT2D eigenvalue weighted by atomic mass is 35.5. The highest BCUT2D eigenvalue weighted by molar-refractivity contribution is 6.33. The number of hydrogen-bond acceptors (Lipinski definition) is 9. The fourth-order valence-corrected chi connectivity index (χ4v) is 4.19. The van der Waals surface area contributed by atoms with Gasteiger partial charge in [0.2, 0.25) is 11.7 Å². The number of amides is 1. The molecule has 1 aliphatic rings. The molecule has 2 aromatic carbocycles. The van der Waals surface area contributed by atoms with Crippen LogP contribution in [0.2, 0.25) is 5.02 Å². The minimum atomic E-state index is -0.147. The SMILES string of the molecule is COc1cc(-n2cnnn2)c(Cl)cc1C(=O)N1CCN(Cc2nc(-c3ccc(C)cc3)no2)CC1. The molecule has 1 fully saturated rings. The lowest BCUT2D eigenvalue weighted by molar-refractivity contribution is 0.0612. The van der Waals surface area contributed by atoms with Crippen molar-refractivity contribution in [2.24, 2.45) is 0 Å². The lowest BCUT2D eigenvalue weighted by atomic mass is 10.1. The Balaban J connectivity index is 1.22. The molecule has 0 atom stereocenters. The average molecular weight is 495 g/mol. The van der Waals surface area contributed by atoms with Gasteiger partial charge in [-0.05, 0) is 23.4 Å². The number of aryl methyl sites for hydroxylation is 1. The highest BCUT2D eigenvalue weighted by Crippen LogP contribution is 2.30. The molecule has 1 saturated heterocycles. The second-order valence-electron chi connectivity index (χ2n) is 8.20. The van der Waals surface area contributed by atoms with Crippen LogP contribution in [0.5, 0.6) is 5.75 Å². The van der Waals surface area contributed by atoms with Crippen molar-refractivity contribution in [1.82, 2.24) is 40.1 Å².